The van der Waals surface area contributed by atoms with Gasteiger partial charge in [0, 0.05) is 29.4 Å². The van der Waals surface area contributed by atoms with Crippen LogP contribution in [0.3, 0.4) is 0 Å². The first-order valence-electron chi connectivity index (χ1n) is 21.5. The molecule has 6 nitrogen and oxygen atoms in total. The van der Waals surface area contributed by atoms with Gasteiger partial charge in [-0.25, -0.2) is 0 Å². The smallest absolute Gasteiger partial charge is 0.506 e. The van der Waals surface area contributed by atoms with Crippen molar-refractivity contribution < 1.29 is 31.3 Å². The molecule has 0 bridgehead atoms. The van der Waals surface area contributed by atoms with E-state index in [0.717, 1.165) is 33.9 Å². The van der Waals surface area contributed by atoms with Gasteiger partial charge in [0.2, 0.25) is 0 Å². The number of hydrogen-bond donors (Lipinski definition) is 2. The Hall–Kier alpha value is -5.19. The van der Waals surface area contributed by atoms with E-state index in [-0.39, 0.29) is 54.2 Å². The van der Waals surface area contributed by atoms with E-state index < -0.39 is 0 Å². The summed E-state index contributed by atoms with van der Waals surface area (Å²) in [6, 6.07) is 42.5. The summed E-state index contributed by atoms with van der Waals surface area (Å²) in [6.07, 6.45) is 0. The minimum atomic E-state index is -0.0204. The molecule has 2 N–H and O–H groups in total. The normalized spacial score (nSPS) is 14.3. The third-order valence-corrected chi connectivity index (χ3v) is 12.2. The predicted octanol–water partition coefficient (Wildman–Crippen LogP) is 14.4. The van der Waals surface area contributed by atoms with Gasteiger partial charge in [0.05, 0.1) is 11.4 Å². The van der Waals surface area contributed by atoms with E-state index in [1.54, 1.807) is 12.1 Å². The maximum absolute atomic E-state index is 11.2. The van der Waals surface area contributed by atoms with E-state index in [2.05, 4.69) is 189 Å². The first-order chi connectivity index (χ1) is 28.6. The van der Waals surface area contributed by atoms with Crippen molar-refractivity contribution in [2.24, 2.45) is 0 Å². The van der Waals surface area contributed by atoms with Crippen LogP contribution in [-0.2, 0) is 42.7 Å². The van der Waals surface area contributed by atoms with Gasteiger partial charge >= 0.3 is 21.1 Å². The molecule has 7 heteroatoms. The summed E-state index contributed by atoms with van der Waals surface area (Å²) in [5.74, 6) is 0.424. The Labute approximate surface area is 385 Å². The number of anilines is 6. The van der Waals surface area contributed by atoms with Crippen LogP contribution in [-0.4, -0.2) is 16.9 Å². The molecular formula is C55H62N4O2Pt. The number of para-hydroxylation sites is 4. The number of aromatic hydroxyl groups is 2. The second-order valence-corrected chi connectivity index (χ2v) is 21.0. The average Bonchev–Trinajstić information content (AvgIpc) is 3.73. The van der Waals surface area contributed by atoms with Gasteiger partial charge in [0.15, 0.2) is 0 Å². The molecule has 0 atom stereocenters. The fourth-order valence-electron chi connectivity index (χ4n) is 8.23. The summed E-state index contributed by atoms with van der Waals surface area (Å²) < 4.78 is 0. The molecule has 0 fully saturated rings. The molecule has 2 heterocycles. The van der Waals surface area contributed by atoms with E-state index in [0.29, 0.717) is 18.0 Å². The van der Waals surface area contributed by atoms with Gasteiger partial charge in [-0.1, -0.05) is 156 Å². The summed E-state index contributed by atoms with van der Waals surface area (Å²) in [5.41, 5.74) is 15.2. The number of benzene rings is 6. The number of hydrogen-bond acceptors (Lipinski definition) is 6. The topological polar surface area (TPSA) is 53.4 Å². The van der Waals surface area contributed by atoms with Crippen molar-refractivity contribution >= 4 is 34.1 Å². The maximum Gasteiger partial charge on any atom is 2.00 e. The van der Waals surface area contributed by atoms with Gasteiger partial charge in [-0.15, -0.1) is 13.3 Å². The van der Waals surface area contributed by atoms with Crippen molar-refractivity contribution in [3.63, 3.8) is 0 Å². The van der Waals surface area contributed by atoms with E-state index in [1.807, 2.05) is 36.4 Å². The zero-order valence-electron chi connectivity index (χ0n) is 38.4. The largest absolute Gasteiger partial charge is 2.00 e. The van der Waals surface area contributed by atoms with E-state index in [4.69, 9.17) is 0 Å². The molecule has 0 saturated carbocycles. The molecule has 324 valence electrons. The van der Waals surface area contributed by atoms with Crippen LogP contribution in [0, 0.1) is 13.3 Å². The Balaban J connectivity index is 0.00000578. The van der Waals surface area contributed by atoms with Crippen LogP contribution in [0.5, 0.6) is 11.5 Å². The van der Waals surface area contributed by atoms with Crippen LogP contribution in [0.15, 0.2) is 121 Å². The number of nitrogens with zero attached hydrogens (tertiary/aromatic N) is 4. The Kier molecular flexibility index (Phi) is 11.7. The van der Waals surface area contributed by atoms with Crippen LogP contribution in [0.2, 0.25) is 0 Å². The third-order valence-electron chi connectivity index (χ3n) is 12.2. The summed E-state index contributed by atoms with van der Waals surface area (Å²) in [4.78, 5) is 8.70. The first kappa shape index (κ1) is 44.9. The second-order valence-electron chi connectivity index (χ2n) is 21.0. The first-order valence-corrected chi connectivity index (χ1v) is 21.5. The van der Waals surface area contributed by atoms with Gasteiger partial charge in [0.1, 0.15) is 11.5 Å². The molecule has 0 amide bonds. The van der Waals surface area contributed by atoms with Gasteiger partial charge in [-0.2, -0.15) is 0 Å². The second kappa shape index (κ2) is 16.2. The fourth-order valence-corrected chi connectivity index (χ4v) is 8.23. The summed E-state index contributed by atoms with van der Waals surface area (Å²) in [5, 5.41) is 22.4. The molecular weight excluding hydrogens is 944 g/mol. The monoisotopic (exact) mass is 1010 g/mol. The molecule has 62 heavy (non-hydrogen) atoms. The minimum Gasteiger partial charge on any atom is -0.506 e. The quantitative estimate of drug-likeness (QED) is 0.162. The Morgan fingerprint density at radius 2 is 0.694 bits per heavy atom. The summed E-state index contributed by atoms with van der Waals surface area (Å²) >= 11 is 0. The molecule has 6 aromatic rings. The van der Waals surface area contributed by atoms with Crippen molar-refractivity contribution in [1.29, 1.82) is 0 Å². The SMILES string of the molecule is CC(C)(C)c1cc(-c2ccc3c(c2)N(CN2[CH-]N(c4ccccc4O)c4ccc(-c5cc(C(C)(C)C)cc(C(C)(C)C)c5)cc42)[CH-]N3c2ccccc2O)cc(C(C)(C)C)c1.[Pt+2]. The zero-order valence-corrected chi connectivity index (χ0v) is 40.7. The minimum absolute atomic E-state index is 0. The molecule has 0 saturated heterocycles. The van der Waals surface area contributed by atoms with Gasteiger partial charge in [0.25, 0.3) is 0 Å². The van der Waals surface area contributed by atoms with E-state index >= 15 is 0 Å². The number of fused-ring (bicyclic) bond motifs is 2. The van der Waals surface area contributed by atoms with Gasteiger partial charge in [-0.3, -0.25) is 0 Å². The third kappa shape index (κ3) is 8.73. The molecule has 8 rings (SSSR count). The van der Waals surface area contributed by atoms with Crippen LogP contribution in [0.1, 0.15) is 105 Å². The van der Waals surface area contributed by atoms with E-state index in [1.165, 1.54) is 33.4 Å². The summed E-state index contributed by atoms with van der Waals surface area (Å²) in [7, 11) is 0. The molecule has 0 radical (unpaired) electrons. The van der Waals surface area contributed by atoms with Crippen molar-refractivity contribution in [2.75, 3.05) is 26.3 Å². The number of phenols is 2. The van der Waals surface area contributed by atoms with Crippen LogP contribution < -0.4 is 19.6 Å². The number of rotatable bonds is 6. The standard InChI is InChI=1S/C55H62N4O2.Pt/c1-52(2,3)40-25-38(26-41(31-40)53(4,5)6)36-21-23-44-48(29-36)56(34-58(44)46-17-13-15-19-50(46)60)33-57-35-59(47-18-14-16-20-51(47)61)45-24-22-37(30-49(45)57)39-27-42(54(7,8)9)32-43(28-39)55(10,11)12;/h13-32,34-35,60-61H,33H2,1-12H3;/q-2;+2. The Bertz CT molecular complexity index is 2380. The molecule has 0 aliphatic carbocycles. The van der Waals surface area contributed by atoms with E-state index in [9.17, 15) is 10.2 Å². The zero-order chi connectivity index (χ0) is 43.8. The van der Waals surface area contributed by atoms with Crippen molar-refractivity contribution in [3.8, 4) is 33.8 Å². The van der Waals surface area contributed by atoms with Gasteiger partial charge in [-0.05, 0) is 115 Å². The molecule has 0 unspecified atom stereocenters. The van der Waals surface area contributed by atoms with Crippen molar-refractivity contribution in [3.05, 3.63) is 157 Å². The summed E-state index contributed by atoms with van der Waals surface area (Å²) in [6.45, 7) is 32.0. The van der Waals surface area contributed by atoms with Gasteiger partial charge < -0.3 is 29.8 Å². The predicted molar refractivity (Wildman–Crippen MR) is 257 cm³/mol. The molecule has 0 spiro atoms. The Morgan fingerprint density at radius 1 is 0.371 bits per heavy atom. The molecule has 0 aromatic heterocycles. The number of phenolic OH excluding ortho intramolecular Hbond substituents is 2. The Morgan fingerprint density at radius 3 is 1.00 bits per heavy atom. The molecule has 6 aromatic carbocycles. The van der Waals surface area contributed by atoms with Crippen LogP contribution in [0.4, 0.5) is 34.1 Å². The fraction of sp³-hybridized carbons (Fsp3) is 0.309. The molecule has 2 aliphatic heterocycles. The van der Waals surface area contributed by atoms with Crippen molar-refractivity contribution in [1.82, 2.24) is 0 Å². The van der Waals surface area contributed by atoms with Crippen molar-refractivity contribution in [2.45, 2.75) is 105 Å². The molecule has 2 aliphatic rings. The maximum atomic E-state index is 11.2. The average molecular weight is 1010 g/mol. The van der Waals surface area contributed by atoms with Crippen LogP contribution in [0.25, 0.3) is 22.3 Å². The van der Waals surface area contributed by atoms with Crippen LogP contribution >= 0.6 is 0 Å².